The van der Waals surface area contributed by atoms with E-state index in [0.29, 0.717) is 0 Å². The lowest BCUT2D eigenvalue weighted by atomic mass is 9.96. The average Bonchev–Trinajstić information content (AvgIpc) is 2.30. The zero-order chi connectivity index (χ0) is 10.7. The van der Waals surface area contributed by atoms with Gasteiger partial charge in [0, 0.05) is 25.3 Å². The molecule has 2 N–H and O–H groups in total. The van der Waals surface area contributed by atoms with Crippen molar-refractivity contribution in [1.29, 1.82) is 0 Å². The number of aliphatic carboxylic acids is 1. The molecule has 0 unspecified atom stereocenters. The van der Waals surface area contributed by atoms with E-state index in [1.807, 2.05) is 12.3 Å². The third kappa shape index (κ3) is 2.32. The van der Waals surface area contributed by atoms with Crippen LogP contribution < -0.4 is 5.32 Å². The Kier molecular flexibility index (Phi) is 2.94. The second-order valence-electron chi connectivity index (χ2n) is 3.97. The topological polar surface area (TPSA) is 52.6 Å². The zero-order valence-corrected chi connectivity index (χ0v) is 8.65. The average molecular weight is 208 g/mol. The first-order chi connectivity index (χ1) is 7.27. The second-order valence-corrected chi connectivity index (χ2v) is 3.97. The molecule has 0 saturated carbocycles. The molecule has 2 rings (SSSR count). The Labute approximate surface area is 89.3 Å². The SMILES string of the molecule is O=C(O)C1CCN(C2=CCNC=C2)CC1. The number of dihydropyridines is 1. The molecule has 0 aliphatic carbocycles. The highest BCUT2D eigenvalue weighted by Gasteiger charge is 2.24. The Morgan fingerprint density at radius 2 is 2.20 bits per heavy atom. The Hall–Kier alpha value is -1.45. The number of rotatable bonds is 2. The Morgan fingerprint density at radius 1 is 1.47 bits per heavy atom. The molecule has 4 heteroatoms. The fraction of sp³-hybridized carbons (Fsp3) is 0.545. The Balaban J connectivity index is 1.90. The summed E-state index contributed by atoms with van der Waals surface area (Å²) in [7, 11) is 0. The summed E-state index contributed by atoms with van der Waals surface area (Å²) in [4.78, 5) is 13.0. The summed E-state index contributed by atoms with van der Waals surface area (Å²) < 4.78 is 0. The van der Waals surface area contributed by atoms with Crippen LogP contribution in [0.4, 0.5) is 0 Å². The number of hydrogen-bond donors (Lipinski definition) is 2. The highest BCUT2D eigenvalue weighted by atomic mass is 16.4. The highest BCUT2D eigenvalue weighted by Crippen LogP contribution is 2.21. The molecule has 0 aromatic rings. The van der Waals surface area contributed by atoms with Crippen molar-refractivity contribution in [3.63, 3.8) is 0 Å². The lowest BCUT2D eigenvalue weighted by molar-refractivity contribution is -0.143. The van der Waals surface area contributed by atoms with E-state index in [0.717, 1.165) is 32.5 Å². The number of carboxylic acids is 1. The van der Waals surface area contributed by atoms with Crippen LogP contribution in [0.25, 0.3) is 0 Å². The number of carbonyl (C=O) groups is 1. The molecule has 2 aliphatic heterocycles. The molecule has 0 bridgehead atoms. The molecule has 0 atom stereocenters. The lowest BCUT2D eigenvalue weighted by Crippen LogP contribution is -2.36. The lowest BCUT2D eigenvalue weighted by Gasteiger charge is -2.33. The third-order valence-electron chi connectivity index (χ3n) is 3.01. The summed E-state index contributed by atoms with van der Waals surface area (Å²) in [6.45, 7) is 2.57. The molecule has 4 nitrogen and oxygen atoms in total. The van der Waals surface area contributed by atoms with Gasteiger partial charge in [0.2, 0.25) is 0 Å². The maximum Gasteiger partial charge on any atom is 0.306 e. The predicted octanol–water partition coefficient (Wildman–Crippen LogP) is 0.784. The van der Waals surface area contributed by atoms with Crippen LogP contribution in [0, 0.1) is 5.92 Å². The summed E-state index contributed by atoms with van der Waals surface area (Å²) >= 11 is 0. The number of carboxylic acid groups (broad SMARTS) is 1. The minimum Gasteiger partial charge on any atom is -0.481 e. The monoisotopic (exact) mass is 208 g/mol. The number of piperidine rings is 1. The minimum atomic E-state index is -0.649. The Morgan fingerprint density at radius 3 is 2.73 bits per heavy atom. The zero-order valence-electron chi connectivity index (χ0n) is 8.65. The van der Waals surface area contributed by atoms with Crippen LogP contribution in [0.5, 0.6) is 0 Å². The molecule has 82 valence electrons. The van der Waals surface area contributed by atoms with Crippen LogP contribution in [-0.2, 0) is 4.79 Å². The molecule has 0 aromatic carbocycles. The quantitative estimate of drug-likeness (QED) is 0.704. The van der Waals surface area contributed by atoms with Gasteiger partial charge in [0.15, 0.2) is 0 Å². The maximum atomic E-state index is 10.8. The van der Waals surface area contributed by atoms with Gasteiger partial charge in [0.25, 0.3) is 0 Å². The number of likely N-dealkylation sites (tertiary alicyclic amines) is 1. The molecule has 0 radical (unpaired) electrons. The second kappa shape index (κ2) is 4.38. The Bertz CT molecular complexity index is 302. The molecule has 0 amide bonds. The predicted molar refractivity (Wildman–Crippen MR) is 57.2 cm³/mol. The van der Waals surface area contributed by atoms with Crippen LogP contribution >= 0.6 is 0 Å². The van der Waals surface area contributed by atoms with Gasteiger partial charge in [0.1, 0.15) is 0 Å². The molecule has 1 fully saturated rings. The molecule has 0 aromatic heterocycles. The van der Waals surface area contributed by atoms with Crippen molar-refractivity contribution in [1.82, 2.24) is 10.2 Å². The van der Waals surface area contributed by atoms with Gasteiger partial charge < -0.3 is 15.3 Å². The van der Waals surface area contributed by atoms with Gasteiger partial charge in [-0.2, -0.15) is 0 Å². The van der Waals surface area contributed by atoms with Gasteiger partial charge in [-0.25, -0.2) is 0 Å². The van der Waals surface area contributed by atoms with E-state index in [1.54, 1.807) is 0 Å². The highest BCUT2D eigenvalue weighted by molar-refractivity contribution is 5.70. The summed E-state index contributed by atoms with van der Waals surface area (Å²) in [5, 5.41) is 12.0. The number of nitrogens with zero attached hydrogens (tertiary/aromatic N) is 1. The van der Waals surface area contributed by atoms with Crippen LogP contribution in [0.1, 0.15) is 12.8 Å². The summed E-state index contributed by atoms with van der Waals surface area (Å²) in [6, 6.07) is 0. The normalized spacial score (nSPS) is 22.1. The molecular formula is C11H16N2O2. The number of hydrogen-bond acceptors (Lipinski definition) is 3. The standard InChI is InChI=1S/C11H16N2O2/c14-11(15)9-3-7-13(8-4-9)10-1-5-12-6-2-10/h1-2,5,9,12H,3-4,6-8H2,(H,14,15). The third-order valence-corrected chi connectivity index (χ3v) is 3.01. The van der Waals surface area contributed by atoms with E-state index in [-0.39, 0.29) is 5.92 Å². The van der Waals surface area contributed by atoms with Crippen molar-refractivity contribution in [2.24, 2.45) is 5.92 Å². The summed E-state index contributed by atoms with van der Waals surface area (Å²) in [5.41, 5.74) is 1.22. The van der Waals surface area contributed by atoms with Gasteiger partial charge in [-0.05, 0) is 31.2 Å². The van der Waals surface area contributed by atoms with E-state index < -0.39 is 5.97 Å². The first-order valence-electron chi connectivity index (χ1n) is 5.35. The van der Waals surface area contributed by atoms with Crippen molar-refractivity contribution in [3.05, 3.63) is 24.0 Å². The molecule has 15 heavy (non-hydrogen) atoms. The van der Waals surface area contributed by atoms with Crippen LogP contribution in [0.15, 0.2) is 24.0 Å². The van der Waals surface area contributed by atoms with Crippen molar-refractivity contribution in [2.75, 3.05) is 19.6 Å². The van der Waals surface area contributed by atoms with E-state index in [1.165, 1.54) is 5.70 Å². The molecular weight excluding hydrogens is 192 g/mol. The van der Waals surface area contributed by atoms with Gasteiger partial charge in [-0.1, -0.05) is 0 Å². The maximum absolute atomic E-state index is 10.8. The van der Waals surface area contributed by atoms with Gasteiger partial charge in [-0.3, -0.25) is 4.79 Å². The summed E-state index contributed by atoms with van der Waals surface area (Å²) in [6.07, 6.45) is 7.65. The first kappa shape index (κ1) is 10.1. The fourth-order valence-electron chi connectivity index (χ4n) is 2.06. The van der Waals surface area contributed by atoms with Gasteiger partial charge >= 0.3 is 5.97 Å². The molecule has 1 saturated heterocycles. The molecule has 2 heterocycles. The van der Waals surface area contributed by atoms with Crippen LogP contribution in [0.3, 0.4) is 0 Å². The van der Waals surface area contributed by atoms with Gasteiger partial charge in [0.05, 0.1) is 5.92 Å². The van der Waals surface area contributed by atoms with Crippen LogP contribution in [0.2, 0.25) is 0 Å². The first-order valence-corrected chi connectivity index (χ1v) is 5.35. The largest absolute Gasteiger partial charge is 0.481 e. The number of allylic oxidation sites excluding steroid dienone is 1. The van der Waals surface area contributed by atoms with E-state index in [4.69, 9.17) is 5.11 Å². The van der Waals surface area contributed by atoms with Crippen molar-refractivity contribution < 1.29 is 9.90 Å². The van der Waals surface area contributed by atoms with Crippen molar-refractivity contribution in [3.8, 4) is 0 Å². The van der Waals surface area contributed by atoms with E-state index in [2.05, 4.69) is 16.3 Å². The van der Waals surface area contributed by atoms with Crippen molar-refractivity contribution >= 4 is 5.97 Å². The van der Waals surface area contributed by atoms with Gasteiger partial charge in [-0.15, -0.1) is 0 Å². The van der Waals surface area contributed by atoms with E-state index >= 15 is 0 Å². The van der Waals surface area contributed by atoms with E-state index in [9.17, 15) is 4.79 Å². The smallest absolute Gasteiger partial charge is 0.306 e. The minimum absolute atomic E-state index is 0.146. The van der Waals surface area contributed by atoms with Crippen molar-refractivity contribution in [2.45, 2.75) is 12.8 Å². The fourth-order valence-corrected chi connectivity index (χ4v) is 2.06. The molecule has 2 aliphatic rings. The van der Waals surface area contributed by atoms with Crippen LogP contribution in [-0.4, -0.2) is 35.6 Å². The number of nitrogens with one attached hydrogen (secondary N) is 1. The summed E-state index contributed by atoms with van der Waals surface area (Å²) in [5.74, 6) is -0.794. The molecule has 0 spiro atoms.